The summed E-state index contributed by atoms with van der Waals surface area (Å²) in [6, 6.07) is 3.23. The van der Waals surface area contributed by atoms with E-state index in [2.05, 4.69) is 18.7 Å². The first-order valence-electron chi connectivity index (χ1n) is 9.13. The molecule has 5 nitrogen and oxygen atoms in total. The Morgan fingerprint density at radius 1 is 1.15 bits per heavy atom. The molecule has 0 bridgehead atoms. The number of morpholine rings is 1. The van der Waals surface area contributed by atoms with Gasteiger partial charge in [0.15, 0.2) is 17.4 Å². The predicted octanol–water partition coefficient (Wildman–Crippen LogP) is 2.51. The minimum absolute atomic E-state index is 0.133. The largest absolute Gasteiger partial charge is 0.347 e. The highest BCUT2D eigenvalue weighted by atomic mass is 19.2. The molecule has 2 aliphatic heterocycles. The SMILES string of the molecule is CC(C)CN1CCCOC2(C1)CN(C(=O)c1ccc(F)c(F)c1)CCO2. The molecule has 7 heteroatoms. The van der Waals surface area contributed by atoms with E-state index in [9.17, 15) is 13.6 Å². The van der Waals surface area contributed by atoms with Crippen molar-refractivity contribution in [2.24, 2.45) is 5.92 Å². The number of carbonyl (C=O) groups excluding carboxylic acids is 1. The molecule has 1 aromatic rings. The topological polar surface area (TPSA) is 42.0 Å². The zero-order valence-electron chi connectivity index (χ0n) is 15.3. The smallest absolute Gasteiger partial charge is 0.254 e. The maximum atomic E-state index is 13.5. The fourth-order valence-electron chi connectivity index (χ4n) is 3.61. The van der Waals surface area contributed by atoms with Crippen LogP contribution in [0.3, 0.4) is 0 Å². The van der Waals surface area contributed by atoms with Gasteiger partial charge in [-0.05, 0) is 30.5 Å². The minimum Gasteiger partial charge on any atom is -0.347 e. The maximum absolute atomic E-state index is 13.5. The molecule has 1 unspecified atom stereocenters. The Hall–Kier alpha value is -1.57. The second kappa shape index (κ2) is 7.98. The summed E-state index contributed by atoms with van der Waals surface area (Å²) in [4.78, 5) is 16.7. The van der Waals surface area contributed by atoms with Crippen LogP contribution >= 0.6 is 0 Å². The molecule has 0 radical (unpaired) electrons. The summed E-state index contributed by atoms with van der Waals surface area (Å²) in [5.74, 6) is -2.66. The number of benzene rings is 1. The summed E-state index contributed by atoms with van der Waals surface area (Å²) < 4.78 is 38.6. The van der Waals surface area contributed by atoms with Crippen LogP contribution in [0.15, 0.2) is 18.2 Å². The van der Waals surface area contributed by atoms with E-state index < -0.39 is 17.4 Å². The number of hydrogen-bond donors (Lipinski definition) is 0. The number of rotatable bonds is 3. The van der Waals surface area contributed by atoms with E-state index >= 15 is 0 Å². The lowest BCUT2D eigenvalue weighted by Gasteiger charge is -2.43. The Kier molecular flexibility index (Phi) is 5.89. The van der Waals surface area contributed by atoms with Gasteiger partial charge < -0.3 is 14.4 Å². The first-order chi connectivity index (χ1) is 12.4. The molecule has 1 amide bonds. The minimum atomic E-state index is -1.02. The maximum Gasteiger partial charge on any atom is 0.254 e. The summed E-state index contributed by atoms with van der Waals surface area (Å²) in [5.41, 5.74) is 0.133. The first-order valence-corrected chi connectivity index (χ1v) is 9.13. The van der Waals surface area contributed by atoms with Crippen molar-refractivity contribution in [2.45, 2.75) is 26.1 Å². The summed E-state index contributed by atoms with van der Waals surface area (Å²) in [6.45, 7) is 8.39. The van der Waals surface area contributed by atoms with Gasteiger partial charge in [-0.15, -0.1) is 0 Å². The lowest BCUT2D eigenvalue weighted by atomic mass is 10.1. The van der Waals surface area contributed by atoms with Crippen molar-refractivity contribution in [3.05, 3.63) is 35.4 Å². The van der Waals surface area contributed by atoms with Gasteiger partial charge in [0.1, 0.15) is 0 Å². The summed E-state index contributed by atoms with van der Waals surface area (Å²) in [6.07, 6.45) is 0.912. The van der Waals surface area contributed by atoms with E-state index in [1.54, 1.807) is 4.90 Å². The third kappa shape index (κ3) is 4.39. The van der Waals surface area contributed by atoms with Crippen LogP contribution in [0, 0.1) is 17.6 Å². The average molecular weight is 368 g/mol. The van der Waals surface area contributed by atoms with Crippen molar-refractivity contribution >= 4 is 5.91 Å². The molecule has 2 aliphatic rings. The standard InChI is InChI=1S/C19H26F2N2O3/c1-14(2)11-22-6-3-8-25-19(12-22)13-23(7-9-26-19)18(24)15-4-5-16(20)17(21)10-15/h4-5,10,14H,3,6-9,11-13H2,1-2H3. The van der Waals surface area contributed by atoms with Crippen LogP contribution in [0.25, 0.3) is 0 Å². The first kappa shape index (κ1) is 19.2. The number of hydrogen-bond acceptors (Lipinski definition) is 4. The fourth-order valence-corrected chi connectivity index (χ4v) is 3.61. The van der Waals surface area contributed by atoms with Crippen molar-refractivity contribution < 1.29 is 23.0 Å². The van der Waals surface area contributed by atoms with Crippen molar-refractivity contribution in [3.63, 3.8) is 0 Å². The van der Waals surface area contributed by atoms with Crippen molar-refractivity contribution in [2.75, 3.05) is 45.9 Å². The van der Waals surface area contributed by atoms with Crippen LogP contribution in [0.5, 0.6) is 0 Å². The van der Waals surface area contributed by atoms with E-state index in [0.29, 0.717) is 32.2 Å². The molecule has 0 saturated carbocycles. The third-order valence-electron chi connectivity index (χ3n) is 4.68. The van der Waals surface area contributed by atoms with Crippen LogP contribution in [-0.2, 0) is 9.47 Å². The summed E-state index contributed by atoms with van der Waals surface area (Å²) in [7, 11) is 0. The van der Waals surface area contributed by atoms with Gasteiger partial charge in [-0.3, -0.25) is 9.69 Å². The molecule has 0 aliphatic carbocycles. The Morgan fingerprint density at radius 2 is 1.92 bits per heavy atom. The van der Waals surface area contributed by atoms with Gasteiger partial charge in [0, 0.05) is 25.2 Å². The van der Waals surface area contributed by atoms with Crippen molar-refractivity contribution in [1.82, 2.24) is 9.80 Å². The molecular formula is C19H26F2N2O3. The molecule has 0 aromatic heterocycles. The average Bonchev–Trinajstić information content (AvgIpc) is 2.78. The highest BCUT2D eigenvalue weighted by molar-refractivity contribution is 5.94. The molecule has 26 heavy (non-hydrogen) atoms. The Bertz CT molecular complexity index is 656. The zero-order chi connectivity index (χ0) is 18.7. The highest BCUT2D eigenvalue weighted by Crippen LogP contribution is 2.26. The van der Waals surface area contributed by atoms with Gasteiger partial charge in [0.2, 0.25) is 0 Å². The quantitative estimate of drug-likeness (QED) is 0.822. The Balaban J connectivity index is 1.74. The lowest BCUT2D eigenvalue weighted by Crippen LogP contribution is -2.59. The fraction of sp³-hybridized carbons (Fsp3) is 0.632. The van der Waals surface area contributed by atoms with Crippen LogP contribution in [-0.4, -0.2) is 67.4 Å². The number of amides is 1. The summed E-state index contributed by atoms with van der Waals surface area (Å²) in [5, 5.41) is 0. The van der Waals surface area contributed by atoms with E-state index in [1.165, 1.54) is 6.07 Å². The van der Waals surface area contributed by atoms with E-state index in [-0.39, 0.29) is 18.0 Å². The van der Waals surface area contributed by atoms with Crippen molar-refractivity contribution in [1.29, 1.82) is 0 Å². The number of nitrogens with zero attached hydrogens (tertiary/aromatic N) is 2. The zero-order valence-corrected chi connectivity index (χ0v) is 15.3. The second-order valence-electron chi connectivity index (χ2n) is 7.45. The monoisotopic (exact) mass is 368 g/mol. The summed E-state index contributed by atoms with van der Waals surface area (Å²) >= 11 is 0. The third-order valence-corrected chi connectivity index (χ3v) is 4.68. The number of carbonyl (C=O) groups is 1. The molecule has 1 atom stereocenters. The van der Waals surface area contributed by atoms with Gasteiger partial charge in [-0.2, -0.15) is 0 Å². The number of halogens is 2. The highest BCUT2D eigenvalue weighted by Gasteiger charge is 2.42. The number of ether oxygens (including phenoxy) is 2. The molecule has 0 N–H and O–H groups in total. The molecule has 1 aromatic carbocycles. The van der Waals surface area contributed by atoms with Gasteiger partial charge >= 0.3 is 0 Å². The van der Waals surface area contributed by atoms with Crippen LogP contribution in [0.1, 0.15) is 30.6 Å². The molecule has 1 spiro atoms. The van der Waals surface area contributed by atoms with E-state index in [1.807, 2.05) is 0 Å². The molecular weight excluding hydrogens is 342 g/mol. The predicted molar refractivity (Wildman–Crippen MR) is 92.8 cm³/mol. The Morgan fingerprint density at radius 3 is 2.65 bits per heavy atom. The molecule has 2 saturated heterocycles. The molecule has 2 heterocycles. The molecule has 3 rings (SSSR count). The van der Waals surface area contributed by atoms with E-state index in [4.69, 9.17) is 9.47 Å². The Labute approximate surface area is 152 Å². The van der Waals surface area contributed by atoms with Gasteiger partial charge in [-0.25, -0.2) is 8.78 Å². The van der Waals surface area contributed by atoms with Gasteiger partial charge in [0.25, 0.3) is 5.91 Å². The van der Waals surface area contributed by atoms with Gasteiger partial charge in [0.05, 0.1) is 26.3 Å². The van der Waals surface area contributed by atoms with Crippen LogP contribution in [0.4, 0.5) is 8.78 Å². The normalized spacial score (nSPS) is 24.9. The lowest BCUT2D eigenvalue weighted by molar-refractivity contribution is -0.261. The second-order valence-corrected chi connectivity index (χ2v) is 7.45. The molecule has 2 fully saturated rings. The van der Waals surface area contributed by atoms with Gasteiger partial charge in [-0.1, -0.05) is 13.8 Å². The van der Waals surface area contributed by atoms with Crippen LogP contribution in [0.2, 0.25) is 0 Å². The van der Waals surface area contributed by atoms with Crippen molar-refractivity contribution in [3.8, 4) is 0 Å². The van der Waals surface area contributed by atoms with Crippen LogP contribution < -0.4 is 0 Å². The van der Waals surface area contributed by atoms with E-state index in [0.717, 1.165) is 31.6 Å². The molecule has 144 valence electrons.